The molecule has 2 saturated carbocycles. The summed E-state index contributed by atoms with van der Waals surface area (Å²) in [5.41, 5.74) is 6.37. The number of benzene rings is 2. The molecule has 12 rings (SSSR count). The van der Waals surface area contributed by atoms with E-state index in [2.05, 4.69) is 61.9 Å². The molecular weight excluding hydrogens is 931 g/mol. The number of pyridine rings is 1. The zero-order valence-electron chi connectivity index (χ0n) is 42.2. The Morgan fingerprint density at radius 2 is 1.53 bits per heavy atom. The first-order valence-electron chi connectivity index (χ1n) is 27.2. The van der Waals surface area contributed by atoms with Crippen LogP contribution in [0.25, 0.3) is 22.3 Å². The Morgan fingerprint density at radius 3 is 2.23 bits per heavy atom. The lowest BCUT2D eigenvalue weighted by molar-refractivity contribution is -0.159. The van der Waals surface area contributed by atoms with Crippen molar-refractivity contribution in [2.45, 2.75) is 145 Å². The topological polar surface area (TPSA) is 156 Å². The summed E-state index contributed by atoms with van der Waals surface area (Å²) in [7, 11) is 0. The van der Waals surface area contributed by atoms with Crippen molar-refractivity contribution in [1.82, 2.24) is 34.6 Å². The number of piperidine rings is 5. The average Bonchev–Trinajstić information content (AvgIpc) is 4.04. The summed E-state index contributed by atoms with van der Waals surface area (Å²) in [6, 6.07) is 17.2. The highest BCUT2D eigenvalue weighted by molar-refractivity contribution is 6.09. The lowest BCUT2D eigenvalue weighted by Gasteiger charge is -2.48. The molecule has 73 heavy (non-hydrogen) atoms. The fourth-order valence-electron chi connectivity index (χ4n) is 13.4. The van der Waals surface area contributed by atoms with Gasteiger partial charge >= 0.3 is 0 Å². The molecular formula is C56H68F2N10O5. The molecule has 7 fully saturated rings. The van der Waals surface area contributed by atoms with E-state index in [9.17, 15) is 19.2 Å². The lowest BCUT2D eigenvalue weighted by Crippen LogP contribution is -2.59. The fourth-order valence-corrected chi connectivity index (χ4v) is 13.4. The predicted octanol–water partition coefficient (Wildman–Crippen LogP) is 7.40. The average molecular weight is 999 g/mol. The second-order valence-corrected chi connectivity index (χ2v) is 22.9. The number of carbonyl (C=O) groups is 5. The molecule has 6 aliphatic heterocycles. The highest BCUT2D eigenvalue weighted by atomic mass is 19.3. The number of likely N-dealkylation sites (tertiary alicyclic amines) is 3. The van der Waals surface area contributed by atoms with Crippen molar-refractivity contribution in [3.05, 3.63) is 66.0 Å². The van der Waals surface area contributed by atoms with Crippen molar-refractivity contribution in [1.29, 1.82) is 0 Å². The number of halogens is 2. The summed E-state index contributed by atoms with van der Waals surface area (Å²) >= 11 is 0. The number of hydrogen-bond acceptors (Lipinski definition) is 10. The van der Waals surface area contributed by atoms with Gasteiger partial charge in [-0.2, -0.15) is 0 Å². The number of alkyl halides is 2. The van der Waals surface area contributed by atoms with E-state index >= 15 is 13.6 Å². The van der Waals surface area contributed by atoms with Crippen molar-refractivity contribution in [3.8, 4) is 11.3 Å². The number of imidazole rings is 1. The monoisotopic (exact) mass is 999 g/mol. The summed E-state index contributed by atoms with van der Waals surface area (Å²) in [5.74, 6) is -5.43. The second-order valence-electron chi connectivity index (χ2n) is 22.9. The molecule has 5 amide bonds. The highest BCUT2D eigenvalue weighted by Crippen LogP contribution is 2.53. The maximum atomic E-state index is 15.7. The molecule has 0 radical (unpaired) electrons. The molecule has 17 heteroatoms. The van der Waals surface area contributed by atoms with Crippen LogP contribution < -0.4 is 20.4 Å². The number of amides is 5. The molecule has 15 nitrogen and oxygen atoms in total. The van der Waals surface area contributed by atoms with Gasteiger partial charge < -0.3 is 34.4 Å². The molecule has 2 atom stereocenters. The van der Waals surface area contributed by atoms with Crippen LogP contribution in [0.15, 0.2) is 54.9 Å². The van der Waals surface area contributed by atoms with E-state index in [-0.39, 0.29) is 67.2 Å². The van der Waals surface area contributed by atoms with Gasteiger partial charge in [-0.1, -0.05) is 30.7 Å². The number of carbonyl (C=O) groups excluding carboxylic acids is 5. The summed E-state index contributed by atoms with van der Waals surface area (Å²) in [5, 5.41) is 6.08. The predicted molar refractivity (Wildman–Crippen MR) is 273 cm³/mol. The van der Waals surface area contributed by atoms with Crippen LogP contribution in [0.5, 0.6) is 0 Å². The molecule has 8 aliphatic rings. The SMILES string of the molecule is CC(C)n1cnc2cc(-c3ccc4c(c3)N([C@H]3C[C@@H](N5CCCCC5)C3)C(=O)C43CCN(C(=O)C4CN(C(=O)C5CCN(c6ccc(C7CCC(=O)NC7=O)cc6)CC5)CC(F)(F)C4)CC3)nc(NC3CC3)c21. The number of aromatic nitrogens is 3. The van der Waals surface area contributed by atoms with Crippen molar-refractivity contribution in [2.75, 3.05) is 67.5 Å². The van der Waals surface area contributed by atoms with E-state index in [0.717, 1.165) is 89.4 Å². The number of rotatable bonds is 10. The number of imide groups is 1. The Balaban J connectivity index is 0.736. The smallest absolute Gasteiger partial charge is 0.266 e. The third-order valence-electron chi connectivity index (χ3n) is 17.8. The first-order chi connectivity index (χ1) is 35.2. The van der Waals surface area contributed by atoms with E-state index < -0.39 is 36.1 Å². The third kappa shape index (κ3) is 8.94. The molecule has 2 aliphatic carbocycles. The molecule has 2 aromatic heterocycles. The first-order valence-corrected chi connectivity index (χ1v) is 27.2. The zero-order valence-corrected chi connectivity index (χ0v) is 42.2. The van der Waals surface area contributed by atoms with E-state index in [1.807, 2.05) is 36.7 Å². The van der Waals surface area contributed by atoms with E-state index in [0.29, 0.717) is 63.7 Å². The number of nitrogens with zero attached hydrogens (tertiary/aromatic N) is 8. The van der Waals surface area contributed by atoms with E-state index in [4.69, 9.17) is 9.97 Å². The van der Waals surface area contributed by atoms with Gasteiger partial charge in [0.05, 0.1) is 41.3 Å². The Kier molecular flexibility index (Phi) is 12.3. The fraction of sp³-hybridized carbons (Fsp3) is 0.589. The van der Waals surface area contributed by atoms with E-state index in [1.54, 1.807) is 4.90 Å². The Morgan fingerprint density at radius 1 is 0.808 bits per heavy atom. The summed E-state index contributed by atoms with van der Waals surface area (Å²) in [6.07, 6.45) is 11.5. The first kappa shape index (κ1) is 48.0. The minimum Gasteiger partial charge on any atom is -0.371 e. The Labute approximate surface area is 425 Å². The van der Waals surface area contributed by atoms with Gasteiger partial charge in [-0.15, -0.1) is 0 Å². The maximum Gasteiger partial charge on any atom is 0.266 e. The summed E-state index contributed by atoms with van der Waals surface area (Å²) < 4.78 is 33.5. The Bertz CT molecular complexity index is 2820. The molecule has 2 unspecified atom stereocenters. The molecule has 1 spiro atoms. The standard InChI is InChI=1S/C56H68F2N10O5/c1-34(2)67-33-59-46-29-45(61-50(49(46)67)60-39-9-10-39)37-8-14-44-47(26-37)68(42-27-41(28-42)63-20-4-3-5-21-63)54(73)55(44)18-24-65(25-19-55)53(72)38-30-56(57,58)32-66(31-38)52(71)36-16-22-64(23-17-36)40-11-6-35(7-12-40)43-13-15-48(69)62-51(43)70/h6-8,11-12,14,26,29,33-34,36,38-39,41-43H,3-5,9-10,13,15-25,27-28,30-32H2,1-2H3,(H,60,61)(H,62,69,70)/t38?,41-,42+,43?. The molecule has 386 valence electrons. The van der Waals surface area contributed by atoms with Crippen LogP contribution in [-0.2, 0) is 29.4 Å². The van der Waals surface area contributed by atoms with Crippen LogP contribution in [0.4, 0.5) is 26.0 Å². The zero-order chi connectivity index (χ0) is 50.3. The van der Waals surface area contributed by atoms with Crippen LogP contribution in [-0.4, -0.2) is 135 Å². The summed E-state index contributed by atoms with van der Waals surface area (Å²) in [6.45, 7) is 7.38. The van der Waals surface area contributed by atoms with Crippen LogP contribution in [0, 0.1) is 11.8 Å². The molecule has 2 N–H and O–H groups in total. The molecule has 2 aromatic carbocycles. The van der Waals surface area contributed by atoms with Crippen LogP contribution >= 0.6 is 0 Å². The van der Waals surface area contributed by atoms with Gasteiger partial charge in [-0.3, -0.25) is 29.3 Å². The van der Waals surface area contributed by atoms with Gasteiger partial charge in [0.2, 0.25) is 29.5 Å². The lowest BCUT2D eigenvalue weighted by atomic mass is 9.73. The molecule has 5 saturated heterocycles. The quantitative estimate of drug-likeness (QED) is 0.154. The summed E-state index contributed by atoms with van der Waals surface area (Å²) in [4.78, 5) is 87.6. The van der Waals surface area contributed by atoms with Gasteiger partial charge in [0.15, 0.2) is 5.82 Å². The van der Waals surface area contributed by atoms with Gasteiger partial charge in [0.25, 0.3) is 5.92 Å². The molecule has 0 bridgehead atoms. The van der Waals surface area contributed by atoms with Crippen LogP contribution in [0.2, 0.25) is 0 Å². The van der Waals surface area contributed by atoms with Gasteiger partial charge in [-0.05, 0) is 133 Å². The van der Waals surface area contributed by atoms with Crippen molar-refractivity contribution in [2.24, 2.45) is 11.8 Å². The minimum absolute atomic E-state index is 0.0511. The number of fused-ring (bicyclic) bond motifs is 3. The highest BCUT2D eigenvalue weighted by Gasteiger charge is 2.57. The van der Waals surface area contributed by atoms with Crippen molar-refractivity contribution >= 4 is 57.8 Å². The largest absolute Gasteiger partial charge is 0.371 e. The Hall–Kier alpha value is -5.97. The number of nitrogens with one attached hydrogen (secondary N) is 2. The van der Waals surface area contributed by atoms with Crippen LogP contribution in [0.3, 0.4) is 0 Å². The third-order valence-corrected chi connectivity index (χ3v) is 17.8. The van der Waals surface area contributed by atoms with Gasteiger partial charge in [-0.25, -0.2) is 18.7 Å². The van der Waals surface area contributed by atoms with Crippen molar-refractivity contribution < 1.29 is 32.8 Å². The van der Waals surface area contributed by atoms with Gasteiger partial charge in [0.1, 0.15) is 5.52 Å². The van der Waals surface area contributed by atoms with Gasteiger partial charge in [0, 0.05) is 92.6 Å². The van der Waals surface area contributed by atoms with Crippen LogP contribution in [0.1, 0.15) is 127 Å². The molecule has 8 heterocycles. The van der Waals surface area contributed by atoms with E-state index in [1.165, 1.54) is 24.2 Å². The normalized spacial score (nSPS) is 26.6. The van der Waals surface area contributed by atoms with Crippen molar-refractivity contribution in [3.63, 3.8) is 0 Å². The minimum atomic E-state index is -3.22. The maximum absolute atomic E-state index is 15.7. The number of anilines is 3. The second kappa shape index (κ2) is 18.8. The molecule has 4 aromatic rings. The number of hydrogen-bond donors (Lipinski definition) is 2.